The monoisotopic (exact) mass is 575 g/mol. The number of imidazole rings is 2. The summed E-state index contributed by atoms with van der Waals surface area (Å²) in [5, 5.41) is 0. The van der Waals surface area contributed by atoms with Crippen LogP contribution in [0.5, 0.6) is 0 Å². The third-order valence-corrected chi connectivity index (χ3v) is 5.06. The molecule has 0 saturated carbocycles. The predicted molar refractivity (Wildman–Crippen MR) is 178 cm³/mol. The molecule has 41 heavy (non-hydrogen) atoms. The van der Waals surface area contributed by atoms with Crippen LogP contribution in [-0.4, -0.2) is 26.2 Å². The number of carbonyl (C=O) groups excluding carboxylic acids is 1. The van der Waals surface area contributed by atoms with Crippen molar-refractivity contribution in [2.45, 2.75) is 60.8 Å². The average molecular weight is 576 g/mol. The third kappa shape index (κ3) is 18.8. The van der Waals surface area contributed by atoms with Crippen LogP contribution in [0.1, 0.15) is 69.6 Å². The molecule has 6 N–H and O–H groups in total. The lowest BCUT2D eigenvalue weighted by Crippen LogP contribution is -1.86. The first-order valence-corrected chi connectivity index (χ1v) is 14.4. The van der Waals surface area contributed by atoms with E-state index in [0.717, 1.165) is 36.1 Å². The number of nitrogens with one attached hydrogen (secondary N) is 3. The number of aromatic nitrogens is 4. The number of hydrogen-bond acceptors (Lipinski definition) is 4. The zero-order valence-electron chi connectivity index (χ0n) is 25.6. The van der Waals surface area contributed by atoms with E-state index in [1.165, 1.54) is 11.1 Å². The molecule has 0 amide bonds. The highest BCUT2D eigenvalue weighted by molar-refractivity contribution is 7.71. The molecular weight excluding hydrogens is 526 g/mol. The molecule has 2 aromatic heterocycles. The van der Waals surface area contributed by atoms with Crippen LogP contribution in [0.3, 0.4) is 0 Å². The van der Waals surface area contributed by atoms with E-state index >= 15 is 0 Å². The van der Waals surface area contributed by atoms with Gasteiger partial charge in [-0.25, -0.2) is 4.98 Å². The zero-order chi connectivity index (χ0) is 29.8. The van der Waals surface area contributed by atoms with E-state index < -0.39 is 0 Å². The second-order valence-corrected chi connectivity index (χ2v) is 7.93. The Bertz CT molecular complexity index is 1250. The van der Waals surface area contributed by atoms with Gasteiger partial charge < -0.3 is 25.9 Å². The van der Waals surface area contributed by atoms with Crippen molar-refractivity contribution < 1.29 is 4.79 Å². The van der Waals surface area contributed by atoms with Crippen LogP contribution in [0, 0.1) is 4.77 Å². The Morgan fingerprint density at radius 2 is 1.10 bits per heavy atom. The van der Waals surface area contributed by atoms with Crippen molar-refractivity contribution in [3.05, 3.63) is 143 Å². The topological polar surface area (TPSA) is 112 Å². The van der Waals surface area contributed by atoms with Crippen LogP contribution in [0.25, 0.3) is 0 Å². The number of nitrogens with zero attached hydrogens (tertiary/aromatic N) is 1. The number of aromatic amines is 3. The lowest BCUT2D eigenvalue weighted by molar-refractivity contribution is -0.107. The van der Waals surface area contributed by atoms with Gasteiger partial charge in [0.15, 0.2) is 4.77 Å². The molecule has 0 aliphatic heterocycles. The fraction of sp³-hybridized carbons (Fsp3) is 0.265. The van der Waals surface area contributed by atoms with Crippen LogP contribution < -0.4 is 6.15 Å². The van der Waals surface area contributed by atoms with Gasteiger partial charge in [-0.05, 0) is 28.9 Å². The van der Waals surface area contributed by atoms with Crippen molar-refractivity contribution in [1.82, 2.24) is 26.1 Å². The van der Waals surface area contributed by atoms with Crippen molar-refractivity contribution in [2.75, 3.05) is 0 Å². The summed E-state index contributed by atoms with van der Waals surface area (Å²) in [7, 11) is 0. The Morgan fingerprint density at radius 3 is 1.46 bits per heavy atom. The van der Waals surface area contributed by atoms with Crippen LogP contribution in [0.4, 0.5) is 0 Å². The predicted octanol–water partition coefficient (Wildman–Crippen LogP) is 9.33. The first-order valence-electron chi connectivity index (χ1n) is 14.0. The molecule has 7 heteroatoms. The summed E-state index contributed by atoms with van der Waals surface area (Å²) in [5.74, 6) is 0. The van der Waals surface area contributed by atoms with Crippen molar-refractivity contribution in [2.24, 2.45) is 0 Å². The minimum atomic E-state index is 0. The maximum absolute atomic E-state index is 9.97. The molecule has 0 atom stereocenters. The Morgan fingerprint density at radius 1 is 0.659 bits per heavy atom. The molecule has 0 fully saturated rings. The number of rotatable bonds is 6. The van der Waals surface area contributed by atoms with Crippen molar-refractivity contribution in [1.29, 1.82) is 0 Å². The minimum absolute atomic E-state index is 0. The summed E-state index contributed by atoms with van der Waals surface area (Å²) in [6.07, 6.45) is 8.74. The minimum Gasteiger partial charge on any atom is -0.348 e. The molecule has 0 saturated heterocycles. The molecule has 222 valence electrons. The fourth-order valence-corrected chi connectivity index (χ4v) is 3.38. The normalized spacial score (nSPS) is 8.54. The van der Waals surface area contributed by atoms with Crippen molar-refractivity contribution in [3.63, 3.8) is 0 Å². The first kappa shape index (κ1) is 39.1. The van der Waals surface area contributed by atoms with Crippen LogP contribution in [0.2, 0.25) is 0 Å². The molecule has 5 aromatic rings. The highest BCUT2D eigenvalue weighted by atomic mass is 32.1. The maximum Gasteiger partial charge on any atom is 0.174 e. The number of hydrogen-bond donors (Lipinski definition) is 4. The van der Waals surface area contributed by atoms with Gasteiger partial charge in [0.25, 0.3) is 0 Å². The van der Waals surface area contributed by atoms with Gasteiger partial charge in [-0.1, -0.05) is 133 Å². The molecule has 0 aliphatic carbocycles. The number of H-pyrrole nitrogens is 3. The molecule has 0 aliphatic rings. The van der Waals surface area contributed by atoms with Gasteiger partial charge in [0.2, 0.25) is 0 Å². The van der Waals surface area contributed by atoms with Crippen LogP contribution in [0.15, 0.2) is 110 Å². The summed E-state index contributed by atoms with van der Waals surface area (Å²) in [4.78, 5) is 23.0. The summed E-state index contributed by atoms with van der Waals surface area (Å²) in [6, 6.07) is 30.3. The first-order chi connectivity index (χ1) is 19.7. The molecular formula is C34H49N5OS. The molecule has 5 rings (SSSR count). The van der Waals surface area contributed by atoms with Gasteiger partial charge in [-0.2, -0.15) is 0 Å². The van der Waals surface area contributed by atoms with Crippen LogP contribution in [-0.2, 0) is 24.1 Å². The lowest BCUT2D eigenvalue weighted by Gasteiger charge is -1.96. The molecule has 0 spiro atoms. The van der Waals surface area contributed by atoms with Gasteiger partial charge in [-0.15, -0.1) is 0 Å². The van der Waals surface area contributed by atoms with Crippen LogP contribution >= 0.6 is 12.2 Å². The van der Waals surface area contributed by atoms with Crippen molar-refractivity contribution in [3.8, 4) is 0 Å². The number of carbonyl (C=O) groups is 1. The smallest absolute Gasteiger partial charge is 0.174 e. The van der Waals surface area contributed by atoms with E-state index in [9.17, 15) is 4.79 Å². The van der Waals surface area contributed by atoms with E-state index in [-0.39, 0.29) is 6.15 Å². The van der Waals surface area contributed by atoms with E-state index in [0.29, 0.717) is 11.2 Å². The SMILES string of the molecule is CC.CC.CC.N.O=CCc1ccccc1.S=c1[nH]cc(Cc2ccccc2)[nH]1.c1ccc(Cc2cnc[nH]2)cc1. The average Bonchev–Trinajstić information content (AvgIpc) is 3.70. The molecule has 3 aromatic carbocycles. The van der Waals surface area contributed by atoms with E-state index in [2.05, 4.69) is 44.2 Å². The summed E-state index contributed by atoms with van der Waals surface area (Å²) < 4.78 is 0.686. The lowest BCUT2D eigenvalue weighted by atomic mass is 10.1. The summed E-state index contributed by atoms with van der Waals surface area (Å²) in [5.41, 5.74) is 5.94. The Labute approximate surface area is 252 Å². The fourth-order valence-electron chi connectivity index (χ4n) is 3.19. The van der Waals surface area contributed by atoms with Gasteiger partial charge in [0, 0.05) is 43.0 Å². The summed E-state index contributed by atoms with van der Waals surface area (Å²) in [6.45, 7) is 12.0. The van der Waals surface area contributed by atoms with E-state index in [4.69, 9.17) is 12.2 Å². The van der Waals surface area contributed by atoms with E-state index in [1.54, 1.807) is 6.33 Å². The standard InChI is InChI=1S/C10H10N2S.C10H10N2.C8H8O.3C2H6.H3N/c13-10-11-7-9(12-10)6-8-4-2-1-3-5-8;1-2-4-9(5-3-1)6-10-7-11-8-12-10;9-7-6-8-4-2-1-3-5-8;3*1-2;/h1-5,7H,6H2,(H2,11,12,13);1-5,7-8H,6H2,(H,11,12);1-5,7H,6H2;3*1-2H3;1H3. The maximum atomic E-state index is 9.97. The van der Waals surface area contributed by atoms with Gasteiger partial charge in [-0.3, -0.25) is 0 Å². The van der Waals surface area contributed by atoms with E-state index in [1.807, 2.05) is 121 Å². The summed E-state index contributed by atoms with van der Waals surface area (Å²) >= 11 is 4.94. The molecule has 6 nitrogen and oxygen atoms in total. The van der Waals surface area contributed by atoms with Crippen molar-refractivity contribution >= 4 is 18.5 Å². The Balaban J connectivity index is 0. The third-order valence-electron chi connectivity index (χ3n) is 4.84. The van der Waals surface area contributed by atoms with Gasteiger partial charge in [0.1, 0.15) is 6.29 Å². The molecule has 2 heterocycles. The quantitative estimate of drug-likeness (QED) is 0.119. The van der Waals surface area contributed by atoms with Gasteiger partial charge >= 0.3 is 0 Å². The zero-order valence-corrected chi connectivity index (χ0v) is 26.4. The highest BCUT2D eigenvalue weighted by Crippen LogP contribution is 2.06. The largest absolute Gasteiger partial charge is 0.348 e. The molecule has 0 unspecified atom stereocenters. The molecule has 0 bridgehead atoms. The number of aldehydes is 1. The number of benzene rings is 3. The Hall–Kier alpha value is -4.07. The van der Waals surface area contributed by atoms with Gasteiger partial charge in [0.05, 0.1) is 6.33 Å². The highest BCUT2D eigenvalue weighted by Gasteiger charge is 1.96. The molecule has 0 radical (unpaired) electrons. The second kappa shape index (κ2) is 27.5. The Kier molecular flexibility index (Phi) is 26.2. The second-order valence-electron chi connectivity index (χ2n) is 7.53.